The van der Waals surface area contributed by atoms with Gasteiger partial charge in [0.1, 0.15) is 17.3 Å². The molecular weight excluding hydrogens is 1040 g/mol. The van der Waals surface area contributed by atoms with Crippen LogP contribution in [-0.4, -0.2) is 163 Å². The summed E-state index contributed by atoms with van der Waals surface area (Å²) in [6.45, 7) is 6.32. The highest BCUT2D eigenvalue weighted by molar-refractivity contribution is 8.00. The molecule has 430 valence electrons. The molecule has 2 aromatic rings. The average molecular weight is 1130 g/mol. The number of aromatic hydroxyl groups is 1. The lowest BCUT2D eigenvalue weighted by Crippen LogP contribution is -2.36. The smallest absolute Gasteiger partial charge is 0.315 e. The molecule has 19 nitrogen and oxygen atoms in total. The van der Waals surface area contributed by atoms with Crippen LogP contribution < -0.4 is 21.3 Å². The average Bonchev–Trinajstić information content (AvgIpc) is 4.19. The molecule has 0 aliphatic carbocycles. The molecule has 4 saturated heterocycles. The Morgan fingerprint density at radius 3 is 1.45 bits per heavy atom. The van der Waals surface area contributed by atoms with Crippen LogP contribution in [0.25, 0.3) is 0 Å². The maximum absolute atomic E-state index is 12.5. The Labute approximate surface area is 466 Å². The van der Waals surface area contributed by atoms with E-state index in [4.69, 9.17) is 18.9 Å². The van der Waals surface area contributed by atoms with Crippen molar-refractivity contribution in [3.8, 4) is 5.75 Å². The van der Waals surface area contributed by atoms with Gasteiger partial charge >= 0.3 is 12.1 Å². The Bertz CT molecular complexity index is 2370. The number of phenols is 1. The van der Waals surface area contributed by atoms with E-state index < -0.39 is 17.3 Å². The number of fused-ring (bicyclic) bond motifs is 2. The molecule has 5 N–H and O–H groups in total. The van der Waals surface area contributed by atoms with Gasteiger partial charge in [0.05, 0.1) is 56.2 Å². The number of carbonyl (C=O) groups is 10. The van der Waals surface area contributed by atoms with Gasteiger partial charge in [0.25, 0.3) is 0 Å². The maximum atomic E-state index is 12.5. The molecule has 0 spiro atoms. The van der Waals surface area contributed by atoms with Gasteiger partial charge in [0.2, 0.25) is 11.6 Å². The summed E-state index contributed by atoms with van der Waals surface area (Å²) >= 11 is 3.79. The Hall–Kier alpha value is -5.32. The molecular formula is C57H80N4O15S2. The van der Waals surface area contributed by atoms with Crippen LogP contribution in [0, 0.1) is 6.92 Å². The largest absolute Gasteiger partial charge is 0.507 e. The molecule has 4 amide bonds. The molecule has 0 saturated carbocycles. The fourth-order valence-electron chi connectivity index (χ4n) is 9.44. The van der Waals surface area contributed by atoms with Crippen molar-refractivity contribution in [2.24, 2.45) is 0 Å². The van der Waals surface area contributed by atoms with Gasteiger partial charge in [-0.15, -0.1) is 0 Å². The maximum Gasteiger partial charge on any atom is 0.315 e. The van der Waals surface area contributed by atoms with Crippen LogP contribution in [0.5, 0.6) is 5.75 Å². The van der Waals surface area contributed by atoms with E-state index in [1.165, 1.54) is 24.3 Å². The van der Waals surface area contributed by atoms with Crippen LogP contribution in [0.2, 0.25) is 0 Å². The van der Waals surface area contributed by atoms with Crippen molar-refractivity contribution in [3.63, 3.8) is 0 Å². The molecule has 78 heavy (non-hydrogen) atoms. The minimum Gasteiger partial charge on any atom is -0.507 e. The number of urea groups is 2. The van der Waals surface area contributed by atoms with Crippen molar-refractivity contribution in [1.82, 2.24) is 21.3 Å². The van der Waals surface area contributed by atoms with Gasteiger partial charge in [-0.2, -0.15) is 23.5 Å². The predicted octanol–water partition coefficient (Wildman–Crippen LogP) is 7.32. The number of benzene rings is 2. The third-order valence-electron chi connectivity index (χ3n) is 13.7. The summed E-state index contributed by atoms with van der Waals surface area (Å²) in [4.78, 5) is 117. The van der Waals surface area contributed by atoms with Crippen LogP contribution in [0.15, 0.2) is 36.4 Å². The van der Waals surface area contributed by atoms with E-state index in [1.54, 1.807) is 19.1 Å². The number of aryl methyl sites for hydroxylation is 1. The van der Waals surface area contributed by atoms with Gasteiger partial charge in [0.15, 0.2) is 23.6 Å². The molecule has 4 heterocycles. The second-order valence-corrected chi connectivity index (χ2v) is 22.2. The second kappa shape index (κ2) is 35.3. The van der Waals surface area contributed by atoms with Crippen molar-refractivity contribution in [2.75, 3.05) is 64.4 Å². The number of nitrogens with one attached hydrogen (secondary N) is 4. The third kappa shape index (κ3) is 22.1. The number of ketones is 7. The first-order chi connectivity index (χ1) is 37.1. The van der Waals surface area contributed by atoms with Crippen LogP contribution in [0.4, 0.5) is 9.59 Å². The summed E-state index contributed by atoms with van der Waals surface area (Å²) in [6.07, 6.45) is 10.9. The van der Waals surface area contributed by atoms with E-state index in [9.17, 15) is 53.1 Å². The highest BCUT2D eigenvalue weighted by atomic mass is 32.2. The van der Waals surface area contributed by atoms with Gasteiger partial charge in [-0.1, -0.05) is 32.4 Å². The highest BCUT2D eigenvalue weighted by Gasteiger charge is 2.43. The first-order valence-corrected chi connectivity index (χ1v) is 29.0. The summed E-state index contributed by atoms with van der Waals surface area (Å²) in [6, 6.07) is 9.30. The van der Waals surface area contributed by atoms with Crippen molar-refractivity contribution in [2.45, 2.75) is 159 Å². The monoisotopic (exact) mass is 1120 g/mol. The number of Topliss-reactive ketones (excluding diaryl/α,β-unsaturated/α-hetero) is 7. The standard InChI is InChI=1S/C28H38N2O8S.C28H38N2O7S.CH4/c1-18(31)27(35)19-10-11-24(34)21(16-19)23(33)8-5-13-38-15-14-37-12-4-7-20(32)6-2-3-9-25-26-22(17-39-25)29-28(36)30-26;1-19-10-11-20(25(34)17-31)16-22(19)24(33)8-5-13-37-15-14-36-12-4-7-21(32)6-2-3-9-26-27-23(18-38-26)29-28(35)30-27;/h10-11,16,22,25-26,34H,2-9,12-15,17H2,1H3,(H2,29,30,36);10-11,16-17,23,26-27H,2-9,12-15,18H2,1H3,(H2,29,30,35);1H4. The van der Waals surface area contributed by atoms with Gasteiger partial charge < -0.3 is 45.3 Å². The molecule has 0 aromatic heterocycles. The number of unbranched alkanes of at least 4 members (excludes halogenated alkanes) is 2. The lowest BCUT2D eigenvalue weighted by atomic mass is 9.98. The lowest BCUT2D eigenvalue weighted by molar-refractivity contribution is -0.120. The van der Waals surface area contributed by atoms with E-state index in [1.807, 2.05) is 23.5 Å². The van der Waals surface area contributed by atoms with Crippen molar-refractivity contribution >= 4 is 82.4 Å². The van der Waals surface area contributed by atoms with E-state index in [0.29, 0.717) is 120 Å². The van der Waals surface area contributed by atoms with E-state index >= 15 is 0 Å². The first kappa shape index (κ1) is 65.2. The van der Waals surface area contributed by atoms with Gasteiger partial charge in [0, 0.05) is 111 Å². The third-order valence-corrected chi connectivity index (χ3v) is 16.7. The topological polar surface area (TPSA) is 276 Å². The fourth-order valence-corrected chi connectivity index (χ4v) is 12.5. The summed E-state index contributed by atoms with van der Waals surface area (Å²) in [5.74, 6) is -0.209. The minimum absolute atomic E-state index is 0. The summed E-state index contributed by atoms with van der Waals surface area (Å²) in [7, 11) is 0. The molecule has 0 radical (unpaired) electrons. The van der Waals surface area contributed by atoms with Crippen LogP contribution >= 0.6 is 23.5 Å². The zero-order valence-electron chi connectivity index (χ0n) is 44.4. The number of aldehydes is 1. The Kier molecular flexibility index (Phi) is 29.5. The Morgan fingerprint density at radius 2 is 0.987 bits per heavy atom. The molecule has 0 bridgehead atoms. The number of hydrogen-bond donors (Lipinski definition) is 5. The normalized spacial score (nSPS) is 19.7. The van der Waals surface area contributed by atoms with E-state index in [0.717, 1.165) is 62.5 Å². The summed E-state index contributed by atoms with van der Waals surface area (Å²) < 4.78 is 22.1. The first-order valence-electron chi connectivity index (χ1n) is 26.9. The molecule has 4 fully saturated rings. The van der Waals surface area contributed by atoms with Crippen molar-refractivity contribution < 1.29 is 72.0 Å². The zero-order chi connectivity index (χ0) is 55.5. The van der Waals surface area contributed by atoms with E-state index in [-0.39, 0.29) is 108 Å². The molecule has 6 unspecified atom stereocenters. The highest BCUT2D eigenvalue weighted by Crippen LogP contribution is 2.34. The predicted molar refractivity (Wildman–Crippen MR) is 298 cm³/mol. The summed E-state index contributed by atoms with van der Waals surface area (Å²) in [5.41, 5.74) is 1.54. The van der Waals surface area contributed by atoms with Crippen LogP contribution in [0.1, 0.15) is 164 Å². The number of carbonyl (C=O) groups excluding carboxylic acids is 10. The molecule has 6 atom stereocenters. The number of phenolic OH excluding ortho intramolecular Hbond substituents is 1. The molecule has 21 heteroatoms. The second-order valence-electron chi connectivity index (χ2n) is 19.7. The fraction of sp³-hybridized carbons (Fsp3) is 0.614. The Balaban J connectivity index is 0.000000332. The number of ether oxygens (including phenoxy) is 4. The van der Waals surface area contributed by atoms with Gasteiger partial charge in [-0.05, 0) is 88.1 Å². The van der Waals surface area contributed by atoms with Crippen LogP contribution in [0.3, 0.4) is 0 Å². The zero-order valence-corrected chi connectivity index (χ0v) is 46.0. The number of amides is 4. The minimum atomic E-state index is -0.705. The molecule has 6 rings (SSSR count). The summed E-state index contributed by atoms with van der Waals surface area (Å²) in [5, 5.41) is 22.7. The Morgan fingerprint density at radius 1 is 0.564 bits per heavy atom. The number of thioether (sulfide) groups is 2. The van der Waals surface area contributed by atoms with Crippen molar-refractivity contribution in [3.05, 3.63) is 64.2 Å². The molecule has 4 aliphatic rings. The van der Waals surface area contributed by atoms with Crippen LogP contribution in [-0.2, 0) is 38.1 Å². The lowest BCUT2D eigenvalue weighted by Gasteiger charge is -2.16. The van der Waals surface area contributed by atoms with Gasteiger partial charge in [-0.3, -0.25) is 38.4 Å². The SMILES string of the molecule is C.CC(=O)C(=O)c1ccc(O)c(C(=O)CCCOCCOCCCC(=O)CCCCC2SCC3NC(=O)NC32)c1.Cc1ccc(C(=O)C=O)cc1C(=O)CCCOCCOCCCC(=O)CCCCC1SCC2NC(=O)NC21. The quantitative estimate of drug-likeness (QED) is 0.0145. The molecule has 4 aliphatic heterocycles. The molecule has 2 aromatic carbocycles. The van der Waals surface area contributed by atoms with Crippen molar-refractivity contribution in [1.29, 1.82) is 0 Å². The number of hydrogen-bond acceptors (Lipinski definition) is 17. The number of rotatable bonds is 38. The van der Waals surface area contributed by atoms with E-state index in [2.05, 4.69) is 21.3 Å². The van der Waals surface area contributed by atoms with Gasteiger partial charge in [-0.25, -0.2) is 9.59 Å².